The molecule has 3 amide bonds. The second kappa shape index (κ2) is 7.37. The average Bonchev–Trinajstić information content (AvgIpc) is 3.33. The molecule has 1 saturated heterocycles. The molecule has 2 N–H and O–H groups in total. The molecule has 1 spiro atoms. The number of unbranched alkanes of at least 4 members (excludes halogenated alkanes) is 1. The lowest BCUT2D eigenvalue weighted by Gasteiger charge is -2.37. The summed E-state index contributed by atoms with van der Waals surface area (Å²) in [6.07, 6.45) is 3.91. The molecular weight excluding hydrogens is 443 g/mol. The van der Waals surface area contributed by atoms with E-state index in [1.807, 2.05) is 0 Å². The molecule has 2 aliphatic heterocycles. The Kier molecular flexibility index (Phi) is 5.03. The first kappa shape index (κ1) is 22.5. The SMILES string of the molecule is CC1(C)[C@@H]2CC[C@]13CS(=O)(=O)N(C(=O)[C@@H](N)CCCC[15N]1C(=O)c4ccccc4C1=O)[C@@H]3C2. The number of hydrogen-bond donors (Lipinski definition) is 1. The number of benzene rings is 1. The molecule has 2 heterocycles. The molecule has 0 unspecified atom stereocenters. The third-order valence-electron chi connectivity index (χ3n) is 8.97. The van der Waals surface area contributed by atoms with Gasteiger partial charge in [-0.25, -0.2) is 12.7 Å². The quantitative estimate of drug-likeness (QED) is 0.383. The highest BCUT2D eigenvalue weighted by Crippen LogP contribution is 2.70. The molecule has 1 aromatic carbocycles. The van der Waals surface area contributed by atoms with E-state index in [1.165, 1.54) is 4.90 Å². The van der Waals surface area contributed by atoms with Crippen LogP contribution in [-0.4, -0.2) is 59.7 Å². The predicted molar refractivity (Wildman–Crippen MR) is 122 cm³/mol. The Balaban J connectivity index is 1.19. The van der Waals surface area contributed by atoms with Gasteiger partial charge in [-0.1, -0.05) is 26.0 Å². The van der Waals surface area contributed by atoms with E-state index in [2.05, 4.69) is 13.8 Å². The van der Waals surface area contributed by atoms with Crippen molar-refractivity contribution in [2.24, 2.45) is 22.5 Å². The number of amides is 3. The van der Waals surface area contributed by atoms with E-state index in [9.17, 15) is 22.8 Å². The van der Waals surface area contributed by atoms with Crippen LogP contribution < -0.4 is 5.73 Å². The number of imide groups is 1. The first-order valence-electron chi connectivity index (χ1n) is 11.8. The fourth-order valence-corrected chi connectivity index (χ4v) is 9.53. The zero-order valence-electron chi connectivity index (χ0n) is 19.1. The summed E-state index contributed by atoms with van der Waals surface area (Å²) in [5, 5.41) is 0. The Morgan fingerprint density at radius 1 is 1.15 bits per heavy atom. The van der Waals surface area contributed by atoms with Crippen molar-refractivity contribution < 1.29 is 22.8 Å². The number of nitrogens with two attached hydrogens (primary N) is 1. The average molecular weight is 475 g/mol. The molecule has 178 valence electrons. The topological polar surface area (TPSA) is 118 Å². The Morgan fingerprint density at radius 2 is 1.79 bits per heavy atom. The normalized spacial score (nSPS) is 31.7. The number of nitrogens with zero attached hydrogens (tertiary/aromatic N) is 2. The Labute approximate surface area is 194 Å². The summed E-state index contributed by atoms with van der Waals surface area (Å²) < 4.78 is 27.2. The molecule has 1 aromatic rings. The fourth-order valence-electron chi connectivity index (χ4n) is 6.94. The van der Waals surface area contributed by atoms with Crippen LogP contribution in [0.5, 0.6) is 0 Å². The van der Waals surface area contributed by atoms with Gasteiger partial charge in [-0.05, 0) is 62.0 Å². The number of fused-ring (bicyclic) bond motifs is 2. The van der Waals surface area contributed by atoms with Crippen LogP contribution in [0.25, 0.3) is 0 Å². The van der Waals surface area contributed by atoms with Gasteiger partial charge in [0, 0.05) is 12.0 Å². The molecule has 9 heteroatoms. The fraction of sp³-hybridized carbons (Fsp3) is 0.625. The smallest absolute Gasteiger partial charge is 0.261 e. The van der Waals surface area contributed by atoms with E-state index < -0.39 is 22.0 Å². The van der Waals surface area contributed by atoms with E-state index in [-0.39, 0.29) is 41.0 Å². The van der Waals surface area contributed by atoms with Gasteiger partial charge in [-0.2, -0.15) is 0 Å². The minimum absolute atomic E-state index is 0.0341. The van der Waals surface area contributed by atoms with Gasteiger partial charge in [0.15, 0.2) is 0 Å². The van der Waals surface area contributed by atoms with Gasteiger partial charge >= 0.3 is 0 Å². The van der Waals surface area contributed by atoms with Gasteiger partial charge in [-0.15, -0.1) is 0 Å². The van der Waals surface area contributed by atoms with E-state index in [0.717, 1.165) is 23.6 Å². The number of rotatable bonds is 6. The first-order valence-corrected chi connectivity index (χ1v) is 13.4. The van der Waals surface area contributed by atoms with Gasteiger partial charge in [0.2, 0.25) is 10.0 Å². The summed E-state index contributed by atoms with van der Waals surface area (Å²) in [5.74, 6) is -0.649. The number of carbonyl (C=O) groups excluding carboxylic acids is 3. The molecule has 0 radical (unpaired) electrons. The van der Waals surface area contributed by atoms with Crippen molar-refractivity contribution >= 4 is 27.7 Å². The molecule has 2 saturated carbocycles. The molecule has 33 heavy (non-hydrogen) atoms. The number of carbonyl (C=O) groups is 3. The Bertz CT molecular complexity index is 1110. The molecule has 4 atom stereocenters. The van der Waals surface area contributed by atoms with Gasteiger partial charge in [-0.3, -0.25) is 19.3 Å². The molecule has 2 bridgehead atoms. The number of hydrogen-bond acceptors (Lipinski definition) is 6. The van der Waals surface area contributed by atoms with E-state index in [1.54, 1.807) is 24.3 Å². The molecule has 8 nitrogen and oxygen atoms in total. The van der Waals surface area contributed by atoms with Crippen molar-refractivity contribution in [1.29, 1.82) is 0 Å². The van der Waals surface area contributed by atoms with Crippen LogP contribution in [0.3, 0.4) is 0 Å². The Hall–Kier alpha value is -2.26. The highest BCUT2D eigenvalue weighted by Gasteiger charge is 2.72. The van der Waals surface area contributed by atoms with Gasteiger partial charge in [0.05, 0.1) is 29.0 Å². The van der Waals surface area contributed by atoms with Crippen molar-refractivity contribution in [2.75, 3.05) is 12.3 Å². The molecule has 3 fully saturated rings. The largest absolute Gasteiger partial charge is 0.320 e. The minimum Gasteiger partial charge on any atom is -0.320 e. The van der Waals surface area contributed by atoms with Gasteiger partial charge in [0.25, 0.3) is 17.7 Å². The number of sulfonamides is 1. The first-order chi connectivity index (χ1) is 15.5. The van der Waals surface area contributed by atoms with Crippen molar-refractivity contribution in [2.45, 2.75) is 64.5 Å². The van der Waals surface area contributed by atoms with Crippen LogP contribution in [0.15, 0.2) is 24.3 Å². The van der Waals surface area contributed by atoms with E-state index in [0.29, 0.717) is 36.3 Å². The summed E-state index contributed by atoms with van der Waals surface area (Å²) in [4.78, 5) is 39.3. The third-order valence-corrected chi connectivity index (χ3v) is 10.9. The standard InChI is InChI=1S/C24H31N3O5S/c1-23(2)15-10-11-24(23)14-33(31,32)27(19(24)13-15)22(30)18(25)9-5-6-12-26-20(28)16-7-3-4-8-17(16)21(26)29/h3-4,7-8,15,18-19H,5-6,9-14,25H2,1-2H3/t15-,18+,19-,24-/m1/s1/i26+1. The highest BCUT2D eigenvalue weighted by molar-refractivity contribution is 7.90. The van der Waals surface area contributed by atoms with Crippen LogP contribution in [0.1, 0.15) is 73.1 Å². The van der Waals surface area contributed by atoms with Crippen molar-refractivity contribution in [3.8, 4) is 0 Å². The monoisotopic (exact) mass is 474 g/mol. The summed E-state index contributed by atoms with van der Waals surface area (Å²) >= 11 is 0. The summed E-state index contributed by atoms with van der Waals surface area (Å²) in [6.45, 7) is 4.54. The predicted octanol–water partition coefficient (Wildman–Crippen LogP) is 2.15. The lowest BCUT2D eigenvalue weighted by molar-refractivity contribution is -0.130. The zero-order valence-corrected chi connectivity index (χ0v) is 19.9. The lowest BCUT2D eigenvalue weighted by atomic mass is 9.69. The maximum absolute atomic E-state index is 13.2. The summed E-state index contributed by atoms with van der Waals surface area (Å²) in [7, 11) is -3.69. The van der Waals surface area contributed by atoms with Crippen molar-refractivity contribution in [3.05, 3.63) is 35.4 Å². The molecule has 0 aromatic heterocycles. The Morgan fingerprint density at radius 3 is 2.39 bits per heavy atom. The second-order valence-electron chi connectivity index (χ2n) is 10.7. The van der Waals surface area contributed by atoms with Crippen LogP contribution >= 0.6 is 0 Å². The van der Waals surface area contributed by atoms with Gasteiger partial charge < -0.3 is 5.73 Å². The minimum atomic E-state index is -3.69. The van der Waals surface area contributed by atoms with Crippen LogP contribution in [-0.2, 0) is 14.8 Å². The summed E-state index contributed by atoms with van der Waals surface area (Å²) in [6, 6.07) is 5.54. The molecule has 4 aliphatic rings. The van der Waals surface area contributed by atoms with E-state index in [4.69, 9.17) is 5.73 Å². The molecular formula is C24H31N3O5S. The molecule has 2 aliphatic carbocycles. The van der Waals surface area contributed by atoms with Crippen molar-refractivity contribution in [1.82, 2.24) is 9.21 Å². The van der Waals surface area contributed by atoms with Crippen LogP contribution in [0, 0.1) is 16.7 Å². The van der Waals surface area contributed by atoms with E-state index >= 15 is 0 Å². The summed E-state index contributed by atoms with van der Waals surface area (Å²) in [5.41, 5.74) is 6.54. The van der Waals surface area contributed by atoms with Gasteiger partial charge in [0.1, 0.15) is 0 Å². The second-order valence-corrected chi connectivity index (χ2v) is 12.5. The van der Waals surface area contributed by atoms with Crippen LogP contribution in [0.2, 0.25) is 0 Å². The lowest BCUT2D eigenvalue weighted by Crippen LogP contribution is -2.50. The maximum Gasteiger partial charge on any atom is 0.261 e. The van der Waals surface area contributed by atoms with Crippen LogP contribution in [0.4, 0.5) is 0 Å². The van der Waals surface area contributed by atoms with Crippen molar-refractivity contribution in [3.63, 3.8) is 0 Å². The molecule has 5 rings (SSSR count). The maximum atomic E-state index is 13.2. The highest BCUT2D eigenvalue weighted by atomic mass is 32.2. The zero-order chi connectivity index (χ0) is 23.8. The third kappa shape index (κ3) is 3.04.